The summed E-state index contributed by atoms with van der Waals surface area (Å²) in [6, 6.07) is 3.70. The molecule has 0 saturated carbocycles. The number of esters is 1. The first-order valence-electron chi connectivity index (χ1n) is 4.97. The Morgan fingerprint density at radius 3 is 2.89 bits per heavy atom. The van der Waals surface area contributed by atoms with E-state index in [1.807, 2.05) is 0 Å². The Morgan fingerprint density at radius 2 is 2.28 bits per heavy atom. The largest absolute Gasteiger partial charge is 0.452 e. The monoisotopic (exact) mass is 314 g/mol. The van der Waals surface area contributed by atoms with Crippen LogP contribution in [0.3, 0.4) is 0 Å². The molecular formula is C11H8BrFN2O3. The van der Waals surface area contributed by atoms with Gasteiger partial charge in [0.25, 0.3) is 5.89 Å². The molecule has 0 atom stereocenters. The molecule has 5 nitrogen and oxygen atoms in total. The minimum atomic E-state index is -0.599. The van der Waals surface area contributed by atoms with Gasteiger partial charge in [0, 0.05) is 11.4 Å². The molecule has 18 heavy (non-hydrogen) atoms. The number of carbonyl (C=O) groups excluding carboxylic acids is 1. The molecular weight excluding hydrogens is 307 g/mol. The second kappa shape index (κ2) is 5.26. The molecule has 0 fully saturated rings. The quantitative estimate of drug-likeness (QED) is 0.815. The predicted molar refractivity (Wildman–Crippen MR) is 62.3 cm³/mol. The summed E-state index contributed by atoms with van der Waals surface area (Å²) < 4.78 is 23.2. The standard InChI is InChI=1S/C11H8BrFN2O3/c1-6-14-15-10(18-6)5-17-11(16)8-3-2-7(13)4-9(8)12/h2-4H,5H2,1H3. The van der Waals surface area contributed by atoms with Gasteiger partial charge in [0.1, 0.15) is 5.82 Å². The summed E-state index contributed by atoms with van der Waals surface area (Å²) in [6.07, 6.45) is 0. The van der Waals surface area contributed by atoms with Crippen molar-refractivity contribution in [2.45, 2.75) is 13.5 Å². The van der Waals surface area contributed by atoms with Gasteiger partial charge in [0.2, 0.25) is 5.89 Å². The minimum absolute atomic E-state index is 0.122. The van der Waals surface area contributed by atoms with Gasteiger partial charge < -0.3 is 9.15 Å². The summed E-state index contributed by atoms with van der Waals surface area (Å²) in [7, 11) is 0. The van der Waals surface area contributed by atoms with Crippen LogP contribution in [0.4, 0.5) is 4.39 Å². The number of ether oxygens (including phenoxy) is 1. The molecule has 0 saturated heterocycles. The molecule has 1 heterocycles. The molecule has 2 rings (SSSR count). The highest BCUT2D eigenvalue weighted by atomic mass is 79.9. The zero-order chi connectivity index (χ0) is 13.1. The zero-order valence-electron chi connectivity index (χ0n) is 9.31. The molecule has 0 N–H and O–H groups in total. The van der Waals surface area contributed by atoms with Gasteiger partial charge in [-0.3, -0.25) is 0 Å². The van der Waals surface area contributed by atoms with E-state index < -0.39 is 11.8 Å². The molecule has 0 radical (unpaired) electrons. The van der Waals surface area contributed by atoms with E-state index in [0.717, 1.165) is 0 Å². The molecule has 0 amide bonds. The number of halogens is 2. The van der Waals surface area contributed by atoms with E-state index in [1.54, 1.807) is 6.92 Å². The average molecular weight is 315 g/mol. The number of aryl methyl sites for hydroxylation is 1. The van der Waals surface area contributed by atoms with Crippen LogP contribution in [0, 0.1) is 12.7 Å². The first kappa shape index (κ1) is 12.7. The third kappa shape index (κ3) is 2.92. The number of carbonyl (C=O) groups is 1. The van der Waals surface area contributed by atoms with Crippen LogP contribution in [0.1, 0.15) is 22.1 Å². The topological polar surface area (TPSA) is 65.2 Å². The average Bonchev–Trinajstić information content (AvgIpc) is 2.72. The van der Waals surface area contributed by atoms with Gasteiger partial charge in [-0.2, -0.15) is 0 Å². The molecule has 1 aromatic heterocycles. The summed E-state index contributed by atoms with van der Waals surface area (Å²) >= 11 is 3.09. The summed E-state index contributed by atoms with van der Waals surface area (Å²) in [5.41, 5.74) is 0.229. The number of benzene rings is 1. The van der Waals surface area contributed by atoms with E-state index in [0.29, 0.717) is 10.4 Å². The molecule has 1 aromatic carbocycles. The number of nitrogens with zero attached hydrogens (tertiary/aromatic N) is 2. The van der Waals surface area contributed by atoms with Gasteiger partial charge in [0.15, 0.2) is 6.61 Å². The smallest absolute Gasteiger partial charge is 0.339 e. The van der Waals surface area contributed by atoms with E-state index in [2.05, 4.69) is 26.1 Å². The van der Waals surface area contributed by atoms with E-state index in [4.69, 9.17) is 9.15 Å². The van der Waals surface area contributed by atoms with E-state index in [1.165, 1.54) is 18.2 Å². The lowest BCUT2D eigenvalue weighted by Crippen LogP contribution is -2.06. The van der Waals surface area contributed by atoms with Crippen LogP contribution < -0.4 is 0 Å². The third-order valence-corrected chi connectivity index (χ3v) is 2.70. The fourth-order valence-electron chi connectivity index (χ4n) is 1.26. The lowest BCUT2D eigenvalue weighted by molar-refractivity contribution is 0.0435. The molecule has 7 heteroatoms. The first-order chi connectivity index (χ1) is 8.56. The summed E-state index contributed by atoms with van der Waals surface area (Å²) in [5, 5.41) is 7.28. The maximum absolute atomic E-state index is 12.8. The highest BCUT2D eigenvalue weighted by molar-refractivity contribution is 9.10. The van der Waals surface area contributed by atoms with Crippen LogP contribution in [0.5, 0.6) is 0 Å². The minimum Gasteiger partial charge on any atom is -0.452 e. The lowest BCUT2D eigenvalue weighted by atomic mass is 10.2. The van der Waals surface area contributed by atoms with Crippen molar-refractivity contribution in [3.05, 3.63) is 45.8 Å². The lowest BCUT2D eigenvalue weighted by Gasteiger charge is -2.04. The van der Waals surface area contributed by atoms with Gasteiger partial charge in [-0.1, -0.05) is 0 Å². The maximum Gasteiger partial charge on any atom is 0.339 e. The predicted octanol–water partition coefficient (Wildman–Crippen LogP) is 2.64. The third-order valence-electron chi connectivity index (χ3n) is 2.05. The fourth-order valence-corrected chi connectivity index (χ4v) is 1.77. The van der Waals surface area contributed by atoms with Crippen molar-refractivity contribution in [1.82, 2.24) is 10.2 Å². The molecule has 0 aliphatic heterocycles. The van der Waals surface area contributed by atoms with Gasteiger partial charge in [-0.25, -0.2) is 9.18 Å². The Hall–Kier alpha value is -1.76. The van der Waals surface area contributed by atoms with Crippen LogP contribution in [0.15, 0.2) is 27.1 Å². The second-order valence-electron chi connectivity index (χ2n) is 3.42. The van der Waals surface area contributed by atoms with Gasteiger partial charge >= 0.3 is 5.97 Å². The number of aromatic nitrogens is 2. The van der Waals surface area contributed by atoms with Crippen LogP contribution in [0.25, 0.3) is 0 Å². The normalized spacial score (nSPS) is 10.4. The molecule has 0 bridgehead atoms. The van der Waals surface area contributed by atoms with Crippen molar-refractivity contribution in [2.75, 3.05) is 0 Å². The van der Waals surface area contributed by atoms with E-state index in [-0.39, 0.29) is 18.1 Å². The molecule has 94 valence electrons. The molecule has 2 aromatic rings. The molecule has 0 spiro atoms. The summed E-state index contributed by atoms with van der Waals surface area (Å²) in [6.45, 7) is 1.51. The van der Waals surface area contributed by atoms with Gasteiger partial charge in [-0.05, 0) is 34.1 Å². The van der Waals surface area contributed by atoms with Crippen molar-refractivity contribution >= 4 is 21.9 Å². The van der Waals surface area contributed by atoms with Crippen molar-refractivity contribution in [3.63, 3.8) is 0 Å². The van der Waals surface area contributed by atoms with E-state index in [9.17, 15) is 9.18 Å². The Morgan fingerprint density at radius 1 is 1.50 bits per heavy atom. The summed E-state index contributed by atoms with van der Waals surface area (Å²) in [4.78, 5) is 11.7. The summed E-state index contributed by atoms with van der Waals surface area (Å²) in [5.74, 6) is -0.438. The zero-order valence-corrected chi connectivity index (χ0v) is 10.9. The molecule has 0 aliphatic carbocycles. The number of hydrogen-bond donors (Lipinski definition) is 0. The Balaban J connectivity index is 2.03. The van der Waals surface area contributed by atoms with Crippen LogP contribution >= 0.6 is 15.9 Å². The van der Waals surface area contributed by atoms with Crippen molar-refractivity contribution < 1.29 is 18.3 Å². The SMILES string of the molecule is Cc1nnc(COC(=O)c2ccc(F)cc2Br)o1. The molecule has 0 unspecified atom stereocenters. The Kier molecular flexibility index (Phi) is 3.71. The van der Waals surface area contributed by atoms with Gasteiger partial charge in [-0.15, -0.1) is 10.2 Å². The number of hydrogen-bond acceptors (Lipinski definition) is 5. The fraction of sp³-hybridized carbons (Fsp3) is 0.182. The van der Waals surface area contributed by atoms with Crippen molar-refractivity contribution in [2.24, 2.45) is 0 Å². The van der Waals surface area contributed by atoms with E-state index >= 15 is 0 Å². The van der Waals surface area contributed by atoms with Gasteiger partial charge in [0.05, 0.1) is 5.56 Å². The van der Waals surface area contributed by atoms with Crippen molar-refractivity contribution in [3.8, 4) is 0 Å². The highest BCUT2D eigenvalue weighted by Gasteiger charge is 2.13. The Bertz CT molecular complexity index is 585. The van der Waals surface area contributed by atoms with Crippen molar-refractivity contribution in [1.29, 1.82) is 0 Å². The Labute approximate surface area is 110 Å². The maximum atomic E-state index is 12.8. The van der Waals surface area contributed by atoms with Crippen LogP contribution in [-0.4, -0.2) is 16.2 Å². The second-order valence-corrected chi connectivity index (χ2v) is 4.27. The number of rotatable bonds is 3. The van der Waals surface area contributed by atoms with Crippen LogP contribution in [-0.2, 0) is 11.3 Å². The first-order valence-corrected chi connectivity index (χ1v) is 5.76. The highest BCUT2D eigenvalue weighted by Crippen LogP contribution is 2.19. The molecule has 0 aliphatic rings. The van der Waals surface area contributed by atoms with Crippen LogP contribution in [0.2, 0.25) is 0 Å².